The molecule has 0 saturated carbocycles. The third-order valence-electron chi connectivity index (χ3n) is 5.38. The number of benzene rings is 1. The van der Waals surface area contributed by atoms with Crippen molar-refractivity contribution in [3.05, 3.63) is 42.2 Å². The van der Waals surface area contributed by atoms with E-state index in [1.54, 1.807) is 12.1 Å². The number of rotatable bonds is 6. The fourth-order valence-corrected chi connectivity index (χ4v) is 3.76. The van der Waals surface area contributed by atoms with Gasteiger partial charge in [-0.25, -0.2) is 4.79 Å². The van der Waals surface area contributed by atoms with Gasteiger partial charge >= 0.3 is 6.09 Å². The second kappa shape index (κ2) is 9.32. The summed E-state index contributed by atoms with van der Waals surface area (Å²) in [5.74, 6) is 0.202. The molecule has 2 amide bonds. The zero-order chi connectivity index (χ0) is 21.7. The van der Waals surface area contributed by atoms with Crippen molar-refractivity contribution < 1.29 is 14.3 Å². The molecule has 0 aliphatic carbocycles. The van der Waals surface area contributed by atoms with Gasteiger partial charge in [-0.15, -0.1) is 0 Å². The Bertz CT molecular complexity index is 877. The van der Waals surface area contributed by atoms with Gasteiger partial charge in [0.05, 0.1) is 6.20 Å². The molecule has 7 heteroatoms. The van der Waals surface area contributed by atoms with E-state index in [4.69, 9.17) is 10.5 Å². The number of carbonyl (C=O) groups is 2. The van der Waals surface area contributed by atoms with Gasteiger partial charge in [0.2, 0.25) is 5.91 Å². The Morgan fingerprint density at radius 3 is 2.60 bits per heavy atom. The Morgan fingerprint density at radius 1 is 1.20 bits per heavy atom. The van der Waals surface area contributed by atoms with E-state index in [9.17, 15) is 9.59 Å². The number of ether oxygens (including phenoxy) is 1. The highest BCUT2D eigenvalue weighted by Crippen LogP contribution is 2.24. The maximum Gasteiger partial charge on any atom is 0.410 e. The molecule has 1 aromatic carbocycles. The lowest BCUT2D eigenvalue weighted by Crippen LogP contribution is -2.41. The van der Waals surface area contributed by atoms with Crippen molar-refractivity contribution in [2.45, 2.75) is 58.6 Å². The molecule has 3 rings (SSSR count). The molecular formula is C23H32N4O3. The van der Waals surface area contributed by atoms with E-state index in [0.29, 0.717) is 11.5 Å². The van der Waals surface area contributed by atoms with Crippen molar-refractivity contribution in [2.75, 3.05) is 13.1 Å². The summed E-state index contributed by atoms with van der Waals surface area (Å²) >= 11 is 0. The summed E-state index contributed by atoms with van der Waals surface area (Å²) in [6.07, 6.45) is 7.82. The van der Waals surface area contributed by atoms with Crippen LogP contribution in [0.5, 0.6) is 0 Å². The average Bonchev–Trinajstić information content (AvgIpc) is 3.16. The number of hydrogen-bond donors (Lipinski definition) is 1. The minimum atomic E-state index is -0.447. The van der Waals surface area contributed by atoms with Crippen molar-refractivity contribution in [3.8, 4) is 11.1 Å². The maximum atomic E-state index is 12.2. The number of likely N-dealkylation sites (tertiary alicyclic amines) is 1. The molecule has 1 aliphatic heterocycles. The van der Waals surface area contributed by atoms with Gasteiger partial charge in [0, 0.05) is 37.0 Å². The molecule has 0 spiro atoms. The monoisotopic (exact) mass is 412 g/mol. The first-order valence-electron chi connectivity index (χ1n) is 10.6. The van der Waals surface area contributed by atoms with Crippen LogP contribution in [0, 0.1) is 5.92 Å². The highest BCUT2D eigenvalue weighted by molar-refractivity contribution is 5.94. The lowest BCUT2D eigenvalue weighted by atomic mass is 9.92. The number of hydrogen-bond acceptors (Lipinski definition) is 4. The molecule has 0 radical (unpaired) electrons. The molecular weight excluding hydrogens is 380 g/mol. The zero-order valence-corrected chi connectivity index (χ0v) is 18.1. The smallest absolute Gasteiger partial charge is 0.410 e. The van der Waals surface area contributed by atoms with Crippen LogP contribution in [0.25, 0.3) is 11.1 Å². The highest BCUT2D eigenvalue weighted by atomic mass is 16.6. The molecule has 1 aliphatic rings. The third kappa shape index (κ3) is 6.08. The minimum Gasteiger partial charge on any atom is -0.444 e. The fourth-order valence-electron chi connectivity index (χ4n) is 3.76. The first-order valence-corrected chi connectivity index (χ1v) is 10.6. The lowest BCUT2D eigenvalue weighted by Gasteiger charge is -2.33. The standard InChI is InChI=1S/C23H32N4O3/c1-23(2,3)30-22(29)26-12-9-17(10-13-26)6-5-11-27-16-20(15-25-27)18-7-4-8-19(14-18)21(24)28/h4,7-8,14-17H,5-6,9-13H2,1-3H3,(H2,24,28). The summed E-state index contributed by atoms with van der Waals surface area (Å²) < 4.78 is 7.41. The molecule has 0 bridgehead atoms. The molecule has 7 nitrogen and oxygen atoms in total. The molecule has 1 aromatic heterocycles. The van der Waals surface area contributed by atoms with Crippen molar-refractivity contribution >= 4 is 12.0 Å². The second-order valence-corrected chi connectivity index (χ2v) is 8.99. The quantitative estimate of drug-likeness (QED) is 0.774. The Hall–Kier alpha value is -2.83. The first-order chi connectivity index (χ1) is 14.2. The number of nitrogens with zero attached hydrogens (tertiary/aromatic N) is 3. The number of amides is 2. The van der Waals surface area contributed by atoms with E-state index in [2.05, 4.69) is 5.10 Å². The zero-order valence-electron chi connectivity index (χ0n) is 18.1. The molecule has 30 heavy (non-hydrogen) atoms. The number of aryl methyl sites for hydroxylation is 1. The largest absolute Gasteiger partial charge is 0.444 e. The van der Waals surface area contributed by atoms with Crippen LogP contribution >= 0.6 is 0 Å². The lowest BCUT2D eigenvalue weighted by molar-refractivity contribution is 0.0180. The second-order valence-electron chi connectivity index (χ2n) is 8.99. The van der Waals surface area contributed by atoms with Crippen LogP contribution in [0.2, 0.25) is 0 Å². The van der Waals surface area contributed by atoms with Gasteiger partial charge in [-0.05, 0) is 70.1 Å². The van der Waals surface area contributed by atoms with Crippen LogP contribution in [0.15, 0.2) is 36.7 Å². The molecule has 2 heterocycles. The van der Waals surface area contributed by atoms with Gasteiger partial charge in [0.15, 0.2) is 0 Å². The SMILES string of the molecule is CC(C)(C)OC(=O)N1CCC(CCCn2cc(-c3cccc(C(N)=O)c3)cn2)CC1. The van der Waals surface area contributed by atoms with Crippen LogP contribution in [0.4, 0.5) is 4.79 Å². The Balaban J connectivity index is 1.43. The van der Waals surface area contributed by atoms with E-state index in [-0.39, 0.29) is 6.09 Å². The average molecular weight is 413 g/mol. The van der Waals surface area contributed by atoms with Crippen molar-refractivity contribution in [1.82, 2.24) is 14.7 Å². The molecule has 1 fully saturated rings. The Labute approximate surface area is 178 Å². The molecule has 0 atom stereocenters. The highest BCUT2D eigenvalue weighted by Gasteiger charge is 2.26. The van der Waals surface area contributed by atoms with Gasteiger partial charge in [0.1, 0.15) is 5.60 Å². The van der Waals surface area contributed by atoms with E-state index in [1.807, 2.05) is 54.9 Å². The Morgan fingerprint density at radius 2 is 1.93 bits per heavy atom. The first kappa shape index (κ1) is 21.9. The summed E-state index contributed by atoms with van der Waals surface area (Å²) in [5.41, 5.74) is 7.33. The third-order valence-corrected chi connectivity index (χ3v) is 5.38. The molecule has 0 unspecified atom stereocenters. The van der Waals surface area contributed by atoms with Gasteiger partial charge in [-0.2, -0.15) is 5.10 Å². The predicted molar refractivity (Wildman–Crippen MR) is 116 cm³/mol. The van der Waals surface area contributed by atoms with Crippen LogP contribution < -0.4 is 5.73 Å². The number of primary amides is 1. The molecule has 2 aromatic rings. The van der Waals surface area contributed by atoms with Gasteiger partial charge in [-0.3, -0.25) is 9.48 Å². The number of nitrogens with two attached hydrogens (primary N) is 1. The van der Waals surface area contributed by atoms with Crippen molar-refractivity contribution in [3.63, 3.8) is 0 Å². The van der Waals surface area contributed by atoms with Crippen molar-refractivity contribution in [1.29, 1.82) is 0 Å². The topological polar surface area (TPSA) is 90.5 Å². The van der Waals surface area contributed by atoms with Crippen LogP contribution in [0.3, 0.4) is 0 Å². The summed E-state index contributed by atoms with van der Waals surface area (Å²) in [6, 6.07) is 7.29. The maximum absolute atomic E-state index is 12.2. The predicted octanol–water partition coefficient (Wildman–Crippen LogP) is 4.08. The van der Waals surface area contributed by atoms with Crippen LogP contribution in [-0.2, 0) is 11.3 Å². The minimum absolute atomic E-state index is 0.203. The molecule has 2 N–H and O–H groups in total. The van der Waals surface area contributed by atoms with Gasteiger partial charge < -0.3 is 15.4 Å². The summed E-state index contributed by atoms with van der Waals surface area (Å²) in [6.45, 7) is 8.07. The summed E-state index contributed by atoms with van der Waals surface area (Å²) in [7, 11) is 0. The number of aromatic nitrogens is 2. The Kier molecular flexibility index (Phi) is 6.80. The van der Waals surface area contributed by atoms with Crippen LogP contribution in [0.1, 0.15) is 56.8 Å². The van der Waals surface area contributed by atoms with E-state index < -0.39 is 11.5 Å². The molecule has 162 valence electrons. The fraction of sp³-hybridized carbons (Fsp3) is 0.522. The van der Waals surface area contributed by atoms with Crippen LogP contribution in [-0.4, -0.2) is 45.4 Å². The summed E-state index contributed by atoms with van der Waals surface area (Å²) in [4.78, 5) is 25.4. The van der Waals surface area contributed by atoms with E-state index in [1.165, 1.54) is 0 Å². The van der Waals surface area contributed by atoms with E-state index >= 15 is 0 Å². The van der Waals surface area contributed by atoms with Crippen molar-refractivity contribution in [2.24, 2.45) is 11.7 Å². The molecule has 1 saturated heterocycles. The number of carbonyl (C=O) groups excluding carboxylic acids is 2. The number of piperidine rings is 1. The summed E-state index contributed by atoms with van der Waals surface area (Å²) in [5, 5.41) is 4.45. The van der Waals surface area contributed by atoms with Gasteiger partial charge in [0.25, 0.3) is 0 Å². The normalized spacial score (nSPS) is 15.2. The van der Waals surface area contributed by atoms with E-state index in [0.717, 1.165) is 56.4 Å². The van der Waals surface area contributed by atoms with Gasteiger partial charge in [-0.1, -0.05) is 12.1 Å².